The fourth-order valence-electron chi connectivity index (χ4n) is 1.42. The molecule has 2 rings (SSSR count). The first-order valence-electron chi connectivity index (χ1n) is 4.41. The van der Waals surface area contributed by atoms with Gasteiger partial charge in [0.1, 0.15) is 5.69 Å². The van der Waals surface area contributed by atoms with Crippen LogP contribution in [0.2, 0.25) is 0 Å². The highest BCUT2D eigenvalue weighted by atomic mass is 32.2. The van der Waals surface area contributed by atoms with Crippen LogP contribution < -0.4 is 4.31 Å². The average Bonchev–Trinajstić information content (AvgIpc) is 2.58. The molecule has 0 amide bonds. The van der Waals surface area contributed by atoms with Crippen molar-refractivity contribution < 1.29 is 13.2 Å². The Morgan fingerprint density at radius 2 is 2.13 bits per heavy atom. The molecule has 7 heteroatoms. The van der Waals surface area contributed by atoms with E-state index >= 15 is 0 Å². The van der Waals surface area contributed by atoms with Crippen molar-refractivity contribution in [3.05, 3.63) is 18.1 Å². The van der Waals surface area contributed by atoms with Gasteiger partial charge in [0.2, 0.25) is 10.0 Å². The standard InChI is InChI=1S/C8H9N3O3S/c12-6-7-4-10-8(5-9-7)11-2-1-3-15(11,13)14/h4-6H,1-3H2. The highest BCUT2D eigenvalue weighted by Crippen LogP contribution is 2.20. The summed E-state index contributed by atoms with van der Waals surface area (Å²) in [4.78, 5) is 18.0. The molecule has 80 valence electrons. The fourth-order valence-corrected chi connectivity index (χ4v) is 2.92. The van der Waals surface area contributed by atoms with Gasteiger partial charge < -0.3 is 0 Å². The van der Waals surface area contributed by atoms with Crippen LogP contribution in [0.1, 0.15) is 16.9 Å². The van der Waals surface area contributed by atoms with Crippen molar-refractivity contribution in [3.8, 4) is 0 Å². The Bertz CT molecular complexity index is 468. The molecule has 0 bridgehead atoms. The van der Waals surface area contributed by atoms with Gasteiger partial charge in [0, 0.05) is 6.54 Å². The summed E-state index contributed by atoms with van der Waals surface area (Å²) in [5.41, 5.74) is 0.190. The molecule has 1 aliphatic heterocycles. The van der Waals surface area contributed by atoms with E-state index in [1.54, 1.807) is 0 Å². The Morgan fingerprint density at radius 1 is 1.33 bits per heavy atom. The second kappa shape index (κ2) is 3.58. The zero-order chi connectivity index (χ0) is 10.9. The lowest BCUT2D eigenvalue weighted by Gasteiger charge is -2.14. The van der Waals surface area contributed by atoms with Gasteiger partial charge in [0.25, 0.3) is 0 Å². The molecule has 1 saturated heterocycles. The molecule has 0 N–H and O–H groups in total. The number of aromatic nitrogens is 2. The van der Waals surface area contributed by atoms with Crippen molar-refractivity contribution >= 4 is 22.1 Å². The van der Waals surface area contributed by atoms with Crippen molar-refractivity contribution in [1.82, 2.24) is 9.97 Å². The zero-order valence-corrected chi connectivity index (χ0v) is 8.64. The van der Waals surface area contributed by atoms with E-state index in [0.717, 1.165) is 0 Å². The first kappa shape index (κ1) is 10.0. The molecule has 0 unspecified atom stereocenters. The van der Waals surface area contributed by atoms with Crippen LogP contribution in [0.15, 0.2) is 12.4 Å². The molecular weight excluding hydrogens is 218 g/mol. The summed E-state index contributed by atoms with van der Waals surface area (Å²) >= 11 is 0. The van der Waals surface area contributed by atoms with Crippen molar-refractivity contribution in [2.24, 2.45) is 0 Å². The number of aldehydes is 1. The number of nitrogens with zero attached hydrogens (tertiary/aromatic N) is 3. The molecule has 1 fully saturated rings. The minimum absolute atomic E-state index is 0.143. The molecule has 0 saturated carbocycles. The molecule has 6 nitrogen and oxygen atoms in total. The molecule has 1 aromatic heterocycles. The molecule has 0 aromatic carbocycles. The zero-order valence-electron chi connectivity index (χ0n) is 7.83. The molecule has 0 spiro atoms. The second-order valence-corrected chi connectivity index (χ2v) is 5.17. The van der Waals surface area contributed by atoms with E-state index in [2.05, 4.69) is 9.97 Å². The molecular formula is C8H9N3O3S. The van der Waals surface area contributed by atoms with E-state index in [1.165, 1.54) is 16.7 Å². The molecule has 1 aliphatic rings. The van der Waals surface area contributed by atoms with E-state index in [9.17, 15) is 13.2 Å². The lowest BCUT2D eigenvalue weighted by molar-refractivity contribution is 0.111. The Kier molecular flexibility index (Phi) is 2.39. The maximum absolute atomic E-state index is 11.5. The number of carbonyl (C=O) groups is 1. The molecule has 2 heterocycles. The molecule has 0 aliphatic carbocycles. The van der Waals surface area contributed by atoms with Crippen molar-refractivity contribution in [2.45, 2.75) is 6.42 Å². The Morgan fingerprint density at radius 3 is 2.60 bits per heavy atom. The summed E-state index contributed by atoms with van der Waals surface area (Å²) in [6, 6.07) is 0. The van der Waals surface area contributed by atoms with Gasteiger partial charge >= 0.3 is 0 Å². The van der Waals surface area contributed by atoms with E-state index in [4.69, 9.17) is 0 Å². The Hall–Kier alpha value is -1.50. The lowest BCUT2D eigenvalue weighted by Crippen LogP contribution is -2.26. The van der Waals surface area contributed by atoms with Gasteiger partial charge in [-0.25, -0.2) is 18.4 Å². The van der Waals surface area contributed by atoms with E-state index in [1.807, 2.05) is 0 Å². The molecule has 0 radical (unpaired) electrons. The van der Waals surface area contributed by atoms with Gasteiger partial charge in [0.05, 0.1) is 18.1 Å². The summed E-state index contributed by atoms with van der Waals surface area (Å²) in [6.07, 6.45) is 3.72. The third kappa shape index (κ3) is 1.82. The number of carbonyl (C=O) groups excluding carboxylic acids is 1. The van der Waals surface area contributed by atoms with Crippen molar-refractivity contribution in [1.29, 1.82) is 0 Å². The third-order valence-corrected chi connectivity index (χ3v) is 3.98. The summed E-state index contributed by atoms with van der Waals surface area (Å²) in [6.45, 7) is 0.428. The van der Waals surface area contributed by atoms with Gasteiger partial charge in [-0.1, -0.05) is 0 Å². The largest absolute Gasteiger partial charge is 0.296 e. The highest BCUT2D eigenvalue weighted by molar-refractivity contribution is 7.93. The maximum Gasteiger partial charge on any atom is 0.236 e. The van der Waals surface area contributed by atoms with E-state index < -0.39 is 10.0 Å². The average molecular weight is 227 g/mol. The van der Waals surface area contributed by atoms with Crippen LogP contribution in [0.4, 0.5) is 5.82 Å². The molecule has 0 atom stereocenters. The van der Waals surface area contributed by atoms with Crippen LogP contribution in [0, 0.1) is 0 Å². The van der Waals surface area contributed by atoms with Crippen molar-refractivity contribution in [2.75, 3.05) is 16.6 Å². The van der Waals surface area contributed by atoms with Crippen LogP contribution in [0.3, 0.4) is 0 Å². The number of anilines is 1. The number of sulfonamides is 1. The second-order valence-electron chi connectivity index (χ2n) is 3.16. The van der Waals surface area contributed by atoms with Gasteiger partial charge in [-0.05, 0) is 6.42 Å². The SMILES string of the molecule is O=Cc1cnc(N2CCCS2(=O)=O)cn1. The summed E-state index contributed by atoms with van der Waals surface area (Å²) in [5, 5.41) is 0. The van der Waals surface area contributed by atoms with E-state index in [-0.39, 0.29) is 17.3 Å². The van der Waals surface area contributed by atoms with Crippen LogP contribution in [-0.4, -0.2) is 37.0 Å². The summed E-state index contributed by atoms with van der Waals surface area (Å²) in [7, 11) is -3.22. The van der Waals surface area contributed by atoms with Gasteiger partial charge in [-0.2, -0.15) is 0 Å². The van der Waals surface area contributed by atoms with Gasteiger partial charge in [0.15, 0.2) is 12.1 Å². The van der Waals surface area contributed by atoms with Crippen molar-refractivity contribution in [3.63, 3.8) is 0 Å². The Labute approximate surface area is 87.0 Å². The fraction of sp³-hybridized carbons (Fsp3) is 0.375. The highest BCUT2D eigenvalue weighted by Gasteiger charge is 2.29. The number of rotatable bonds is 2. The van der Waals surface area contributed by atoms with E-state index in [0.29, 0.717) is 19.3 Å². The molecule has 1 aromatic rings. The van der Waals surface area contributed by atoms with Crippen LogP contribution in [0.25, 0.3) is 0 Å². The minimum Gasteiger partial charge on any atom is -0.296 e. The predicted molar refractivity (Wildman–Crippen MR) is 53.2 cm³/mol. The minimum atomic E-state index is -3.22. The van der Waals surface area contributed by atoms with Crippen LogP contribution in [-0.2, 0) is 10.0 Å². The third-order valence-electron chi connectivity index (χ3n) is 2.13. The first-order chi connectivity index (χ1) is 7.13. The normalized spacial score (nSPS) is 19.1. The van der Waals surface area contributed by atoms with Crippen LogP contribution >= 0.6 is 0 Å². The number of hydrogen-bond acceptors (Lipinski definition) is 5. The quantitative estimate of drug-likeness (QED) is 0.655. The van der Waals surface area contributed by atoms with Gasteiger partial charge in [-0.3, -0.25) is 9.10 Å². The maximum atomic E-state index is 11.5. The first-order valence-corrected chi connectivity index (χ1v) is 6.02. The summed E-state index contributed by atoms with van der Waals surface area (Å²) < 4.78 is 24.2. The summed E-state index contributed by atoms with van der Waals surface area (Å²) in [5.74, 6) is 0.419. The number of hydrogen-bond donors (Lipinski definition) is 0. The predicted octanol–water partition coefficient (Wildman–Crippen LogP) is -0.171. The monoisotopic (exact) mass is 227 g/mol. The topological polar surface area (TPSA) is 80.2 Å². The van der Waals surface area contributed by atoms with Crippen LogP contribution in [0.5, 0.6) is 0 Å². The Balaban J connectivity index is 2.34. The molecule has 15 heavy (non-hydrogen) atoms. The smallest absolute Gasteiger partial charge is 0.236 e. The lowest BCUT2D eigenvalue weighted by atomic mass is 10.4. The van der Waals surface area contributed by atoms with Gasteiger partial charge in [-0.15, -0.1) is 0 Å².